The molecule has 0 saturated carbocycles. The summed E-state index contributed by atoms with van der Waals surface area (Å²) in [6.45, 7) is 2.28. The molecular weight excluding hydrogens is 302 g/mol. The van der Waals surface area contributed by atoms with Gasteiger partial charge in [-0.15, -0.1) is 11.6 Å². The number of para-hydroxylation sites is 1. The van der Waals surface area contributed by atoms with Gasteiger partial charge < -0.3 is 0 Å². The Morgan fingerprint density at radius 2 is 1.52 bits per heavy atom. The van der Waals surface area contributed by atoms with Crippen molar-refractivity contribution in [2.75, 3.05) is 5.88 Å². The van der Waals surface area contributed by atoms with Gasteiger partial charge in [0, 0.05) is 23.9 Å². The molecule has 0 bridgehead atoms. The number of alkyl halides is 1. The fraction of sp³-hybridized carbons (Fsp3) is 0.571. The summed E-state index contributed by atoms with van der Waals surface area (Å²) in [7, 11) is 0. The van der Waals surface area contributed by atoms with Crippen molar-refractivity contribution in [2.24, 2.45) is 0 Å². The summed E-state index contributed by atoms with van der Waals surface area (Å²) >= 11 is 6.28. The summed E-state index contributed by atoms with van der Waals surface area (Å²) in [6, 6.07) is 13.3. The molecule has 0 fully saturated rings. The van der Waals surface area contributed by atoms with Gasteiger partial charge in [0.1, 0.15) is 0 Å². The largest absolute Gasteiger partial charge is 0.212 e. The normalized spacial score (nSPS) is 12.6. The lowest BCUT2D eigenvalue weighted by Gasteiger charge is -2.11. The number of hydrogen-bond acceptors (Lipinski definition) is 0. The van der Waals surface area contributed by atoms with Crippen LogP contribution in [0.15, 0.2) is 42.6 Å². The van der Waals surface area contributed by atoms with Crippen LogP contribution in [-0.2, 0) is 0 Å². The van der Waals surface area contributed by atoms with Crippen LogP contribution in [-0.4, -0.2) is 5.88 Å². The van der Waals surface area contributed by atoms with Gasteiger partial charge in [-0.1, -0.05) is 64.0 Å². The van der Waals surface area contributed by atoms with Gasteiger partial charge in [-0.3, -0.25) is 0 Å². The Bertz CT molecular complexity index is 561. The van der Waals surface area contributed by atoms with Crippen LogP contribution >= 0.6 is 11.6 Å². The molecule has 0 unspecified atom stereocenters. The summed E-state index contributed by atoms with van der Waals surface area (Å²) in [4.78, 5) is 0. The zero-order valence-corrected chi connectivity index (χ0v) is 15.3. The molecule has 2 rings (SSSR count). The van der Waals surface area contributed by atoms with Crippen molar-refractivity contribution in [1.29, 1.82) is 0 Å². The quantitative estimate of drug-likeness (QED) is 0.253. The molecule has 23 heavy (non-hydrogen) atoms. The molecule has 1 aromatic carbocycles. The Balaban J connectivity index is 1.81. The molecule has 0 aliphatic heterocycles. The Labute approximate surface area is 146 Å². The molecule has 1 aromatic heterocycles. The average molecular weight is 333 g/mol. The Morgan fingerprint density at radius 1 is 0.870 bits per heavy atom. The molecule has 1 atom stereocenters. The maximum atomic E-state index is 6.28. The summed E-state index contributed by atoms with van der Waals surface area (Å²) in [5.74, 6) is 0.690. The number of rotatable bonds is 11. The zero-order chi connectivity index (χ0) is 16.3. The first-order valence-corrected chi connectivity index (χ1v) is 9.85. The van der Waals surface area contributed by atoms with Crippen molar-refractivity contribution in [3.63, 3.8) is 0 Å². The van der Waals surface area contributed by atoms with Crippen molar-refractivity contribution in [1.82, 2.24) is 0 Å². The van der Waals surface area contributed by atoms with E-state index in [1.807, 2.05) is 0 Å². The summed E-state index contributed by atoms with van der Waals surface area (Å²) in [5, 5.41) is 1.29. The SMILES string of the molecule is CCCCCCCCCC[C@@H](CCl)[n+]1cccc2ccccc21. The highest BCUT2D eigenvalue weighted by molar-refractivity contribution is 6.18. The topological polar surface area (TPSA) is 3.88 Å². The minimum Gasteiger partial charge on any atom is -0.194 e. The lowest BCUT2D eigenvalue weighted by Crippen LogP contribution is -2.40. The minimum atomic E-state index is 0.405. The predicted molar refractivity (Wildman–Crippen MR) is 101 cm³/mol. The molecule has 1 heterocycles. The van der Waals surface area contributed by atoms with Crippen LogP contribution in [0.25, 0.3) is 10.9 Å². The van der Waals surface area contributed by atoms with Crippen molar-refractivity contribution >= 4 is 22.5 Å². The molecular formula is C21H31ClN+. The Hall–Kier alpha value is -1.08. The van der Waals surface area contributed by atoms with Gasteiger partial charge in [0.2, 0.25) is 5.52 Å². The first kappa shape index (κ1) is 18.3. The number of unbranched alkanes of at least 4 members (excludes halogenated alkanes) is 7. The third-order valence-corrected chi connectivity index (χ3v) is 5.06. The highest BCUT2D eigenvalue weighted by atomic mass is 35.5. The summed E-state index contributed by atoms with van der Waals surface area (Å²) in [5.41, 5.74) is 1.29. The van der Waals surface area contributed by atoms with Gasteiger partial charge in [0.15, 0.2) is 12.2 Å². The average Bonchev–Trinajstić information content (AvgIpc) is 2.60. The maximum absolute atomic E-state index is 6.28. The van der Waals surface area contributed by atoms with Crippen LogP contribution in [0, 0.1) is 0 Å². The van der Waals surface area contributed by atoms with Gasteiger partial charge >= 0.3 is 0 Å². The lowest BCUT2D eigenvalue weighted by molar-refractivity contribution is -0.694. The van der Waals surface area contributed by atoms with Crippen molar-refractivity contribution in [3.8, 4) is 0 Å². The van der Waals surface area contributed by atoms with E-state index in [4.69, 9.17) is 11.6 Å². The number of halogens is 1. The first-order chi connectivity index (χ1) is 11.4. The number of benzene rings is 1. The molecule has 2 aromatic rings. The maximum Gasteiger partial charge on any atom is 0.212 e. The molecule has 0 N–H and O–H groups in total. The monoisotopic (exact) mass is 332 g/mol. The fourth-order valence-corrected chi connectivity index (χ4v) is 3.61. The van der Waals surface area contributed by atoms with E-state index in [0.717, 1.165) is 0 Å². The van der Waals surface area contributed by atoms with Gasteiger partial charge in [0.25, 0.3) is 0 Å². The fourth-order valence-electron chi connectivity index (χ4n) is 3.31. The van der Waals surface area contributed by atoms with Crippen LogP contribution in [0.3, 0.4) is 0 Å². The molecule has 0 aliphatic rings. The van der Waals surface area contributed by atoms with Crippen LogP contribution in [0.2, 0.25) is 0 Å². The Morgan fingerprint density at radius 3 is 2.26 bits per heavy atom. The number of hydrogen-bond donors (Lipinski definition) is 0. The van der Waals surface area contributed by atoms with E-state index in [-0.39, 0.29) is 0 Å². The smallest absolute Gasteiger partial charge is 0.194 e. The van der Waals surface area contributed by atoms with Crippen LogP contribution in [0.4, 0.5) is 0 Å². The van der Waals surface area contributed by atoms with Crippen LogP contribution in [0.1, 0.15) is 70.8 Å². The molecule has 0 saturated heterocycles. The van der Waals surface area contributed by atoms with Crippen molar-refractivity contribution < 1.29 is 4.57 Å². The number of pyridine rings is 1. The lowest BCUT2D eigenvalue weighted by atomic mass is 10.0. The van der Waals surface area contributed by atoms with Crippen molar-refractivity contribution in [3.05, 3.63) is 42.6 Å². The van der Waals surface area contributed by atoms with Crippen LogP contribution in [0.5, 0.6) is 0 Å². The van der Waals surface area contributed by atoms with Gasteiger partial charge in [-0.25, -0.2) is 0 Å². The molecule has 126 valence electrons. The van der Waals surface area contributed by atoms with E-state index in [9.17, 15) is 0 Å². The molecule has 0 amide bonds. The number of fused-ring (bicyclic) bond motifs is 1. The second-order valence-electron chi connectivity index (χ2n) is 6.55. The number of nitrogens with zero attached hydrogens (tertiary/aromatic N) is 1. The summed E-state index contributed by atoms with van der Waals surface area (Å²) < 4.78 is 2.36. The van der Waals surface area contributed by atoms with Crippen molar-refractivity contribution in [2.45, 2.75) is 70.8 Å². The number of aromatic nitrogens is 1. The predicted octanol–water partition coefficient (Wildman–Crippen LogP) is 6.44. The van der Waals surface area contributed by atoms with Gasteiger partial charge in [-0.2, -0.15) is 4.57 Å². The van der Waals surface area contributed by atoms with E-state index >= 15 is 0 Å². The minimum absolute atomic E-state index is 0.405. The van der Waals surface area contributed by atoms with E-state index in [2.05, 4.69) is 54.1 Å². The third kappa shape index (κ3) is 5.80. The van der Waals surface area contributed by atoms with Gasteiger partial charge in [-0.05, 0) is 18.6 Å². The van der Waals surface area contributed by atoms with E-state index < -0.39 is 0 Å². The molecule has 0 radical (unpaired) electrons. The van der Waals surface area contributed by atoms with Gasteiger partial charge in [0.05, 0.1) is 5.88 Å². The molecule has 0 aliphatic carbocycles. The third-order valence-electron chi connectivity index (χ3n) is 4.70. The first-order valence-electron chi connectivity index (χ1n) is 9.31. The highest BCUT2D eigenvalue weighted by Gasteiger charge is 2.19. The molecule has 1 nitrogen and oxygen atoms in total. The van der Waals surface area contributed by atoms with E-state index in [0.29, 0.717) is 11.9 Å². The molecule has 2 heteroatoms. The van der Waals surface area contributed by atoms with E-state index in [1.165, 1.54) is 68.7 Å². The second kappa shape index (κ2) is 10.6. The van der Waals surface area contributed by atoms with E-state index in [1.54, 1.807) is 0 Å². The summed E-state index contributed by atoms with van der Waals surface area (Å²) in [6.07, 6.45) is 14.3. The standard InChI is InChI=1S/C21H31ClN/c1-2-3-4-5-6-7-8-9-15-20(18-22)23-17-12-14-19-13-10-11-16-21(19)23/h10-14,16-17,20H,2-9,15,18H2,1H3/q+1/t20-/m0/s1. The zero-order valence-electron chi connectivity index (χ0n) is 14.5. The second-order valence-corrected chi connectivity index (χ2v) is 6.85. The molecule has 0 spiro atoms. The van der Waals surface area contributed by atoms with Crippen LogP contribution < -0.4 is 4.57 Å². The Kier molecular flexibility index (Phi) is 8.46. The highest BCUT2D eigenvalue weighted by Crippen LogP contribution is 2.17.